The van der Waals surface area contributed by atoms with Crippen LogP contribution in [0.1, 0.15) is 34.9 Å². The van der Waals surface area contributed by atoms with Gasteiger partial charge in [-0.3, -0.25) is 4.72 Å². The van der Waals surface area contributed by atoms with Crippen molar-refractivity contribution in [3.05, 3.63) is 84.1 Å². The number of aromatic nitrogens is 1. The molecule has 1 atom stereocenters. The zero-order chi connectivity index (χ0) is 31.6. The fraction of sp³-hybridized carbons (Fsp3) is 0.300. The Morgan fingerprint density at radius 2 is 1.70 bits per heavy atom. The van der Waals surface area contributed by atoms with Gasteiger partial charge in [0.25, 0.3) is 0 Å². The predicted octanol–water partition coefficient (Wildman–Crippen LogP) is 3.13. The lowest BCUT2D eigenvalue weighted by molar-refractivity contribution is 0.0699. The van der Waals surface area contributed by atoms with Crippen LogP contribution in [0.2, 0.25) is 0 Å². The van der Waals surface area contributed by atoms with Crippen molar-refractivity contribution in [2.45, 2.75) is 23.8 Å². The van der Waals surface area contributed by atoms with Crippen LogP contribution in [-0.2, 0) is 20.0 Å². The van der Waals surface area contributed by atoms with Crippen LogP contribution in [0.25, 0.3) is 16.6 Å². The van der Waals surface area contributed by atoms with Gasteiger partial charge in [-0.25, -0.2) is 21.6 Å². The Morgan fingerprint density at radius 3 is 2.36 bits per heavy atom. The molecule has 0 aliphatic carbocycles. The van der Waals surface area contributed by atoms with E-state index >= 15 is 0 Å². The second-order valence-corrected chi connectivity index (χ2v) is 14.6. The minimum Gasteiger partial charge on any atom is -0.506 e. The van der Waals surface area contributed by atoms with Crippen LogP contribution in [0.15, 0.2) is 77.8 Å². The number of fused-ring (bicyclic) bond motifs is 1. The molecule has 1 aliphatic heterocycles. The number of hydrogen-bond acceptors (Lipinski definition) is 8. The van der Waals surface area contributed by atoms with E-state index < -0.39 is 32.1 Å². The summed E-state index contributed by atoms with van der Waals surface area (Å²) in [5, 5.41) is 33.7. The molecule has 3 aromatic carbocycles. The first kappa shape index (κ1) is 31.5. The number of phenols is 1. The molecule has 0 saturated carbocycles. The average Bonchev–Trinajstić information content (AvgIpc) is 3.42. The number of phenolic OH excluding ortho intramolecular Hbond substituents is 1. The van der Waals surface area contributed by atoms with E-state index in [4.69, 9.17) is 0 Å². The average molecular weight is 643 g/mol. The lowest BCUT2D eigenvalue weighted by atomic mass is 9.98. The molecule has 2 heterocycles. The molecule has 0 radical (unpaired) electrons. The van der Waals surface area contributed by atoms with Gasteiger partial charge >= 0.3 is 5.97 Å². The third-order valence-electron chi connectivity index (χ3n) is 7.76. The molecule has 4 aromatic rings. The first-order chi connectivity index (χ1) is 20.8. The van der Waals surface area contributed by atoms with Gasteiger partial charge in [-0.1, -0.05) is 12.1 Å². The third-order valence-corrected chi connectivity index (χ3v) is 10.3. The van der Waals surface area contributed by atoms with Gasteiger partial charge in [0.05, 0.1) is 34.0 Å². The minimum atomic E-state index is -3.71. The smallest absolute Gasteiger partial charge is 0.336 e. The number of piperidine rings is 1. The summed E-state index contributed by atoms with van der Waals surface area (Å²) in [6, 6.07) is 17.5. The third kappa shape index (κ3) is 6.89. The first-order valence-corrected chi connectivity index (χ1v) is 17.3. The molecule has 12 nitrogen and oxygen atoms in total. The van der Waals surface area contributed by atoms with Gasteiger partial charge in [0.15, 0.2) is 0 Å². The van der Waals surface area contributed by atoms with Crippen molar-refractivity contribution >= 4 is 42.6 Å². The normalized spacial score (nSPS) is 15.8. The largest absolute Gasteiger partial charge is 0.506 e. The molecule has 1 aliphatic rings. The Bertz CT molecular complexity index is 1880. The van der Waals surface area contributed by atoms with E-state index in [0.29, 0.717) is 54.6 Å². The van der Waals surface area contributed by atoms with Gasteiger partial charge in [-0.2, -0.15) is 4.31 Å². The van der Waals surface area contributed by atoms with Crippen LogP contribution in [0.5, 0.6) is 5.75 Å². The maximum atomic E-state index is 13.4. The molecular weight excluding hydrogens is 608 g/mol. The number of sulfonamides is 2. The van der Waals surface area contributed by atoms with Crippen molar-refractivity contribution in [2.24, 2.45) is 5.92 Å². The Morgan fingerprint density at radius 1 is 1.00 bits per heavy atom. The molecule has 14 heteroatoms. The maximum Gasteiger partial charge on any atom is 0.336 e. The summed E-state index contributed by atoms with van der Waals surface area (Å²) >= 11 is 0. The maximum absolute atomic E-state index is 13.4. The standard InChI is InChI=1S/C30H34N4O8S2/c1-43(39,40)32-26-17-21(5-10-28(26)35)29(36)19-31-18-20-11-14-33(15-12-20)44(41,42)23-8-6-22(7-9-23)34-16-13-24-25(30(37)38)3-2-4-27(24)34/h2-10,13,16-17,20,29,31-32,35-36H,11-12,14-15,18-19H2,1H3,(H,37,38)/t29-/m0/s1. The van der Waals surface area contributed by atoms with E-state index in [-0.39, 0.29) is 34.4 Å². The van der Waals surface area contributed by atoms with Gasteiger partial charge in [-0.15, -0.1) is 0 Å². The van der Waals surface area contributed by atoms with Gasteiger partial charge < -0.3 is 25.2 Å². The number of carbonyl (C=O) groups is 1. The zero-order valence-electron chi connectivity index (χ0n) is 23.9. The van der Waals surface area contributed by atoms with Crippen LogP contribution in [0.4, 0.5) is 5.69 Å². The Kier molecular flexibility index (Phi) is 9.00. The number of benzene rings is 3. The highest BCUT2D eigenvalue weighted by atomic mass is 32.2. The molecular formula is C30H34N4O8S2. The van der Waals surface area contributed by atoms with E-state index in [0.717, 1.165) is 6.26 Å². The summed E-state index contributed by atoms with van der Waals surface area (Å²) in [6.45, 7) is 1.48. The lowest BCUT2D eigenvalue weighted by Gasteiger charge is -2.31. The predicted molar refractivity (Wildman–Crippen MR) is 166 cm³/mol. The first-order valence-electron chi connectivity index (χ1n) is 14.0. The molecule has 0 amide bonds. The van der Waals surface area contributed by atoms with Crippen molar-refractivity contribution in [1.82, 2.24) is 14.2 Å². The summed E-state index contributed by atoms with van der Waals surface area (Å²) < 4.78 is 55.3. The number of carboxylic acids is 1. The topological polar surface area (TPSA) is 178 Å². The van der Waals surface area contributed by atoms with Crippen molar-refractivity contribution < 1.29 is 36.9 Å². The summed E-state index contributed by atoms with van der Waals surface area (Å²) in [4.78, 5) is 11.7. The number of carboxylic acid groups (broad SMARTS) is 1. The highest BCUT2D eigenvalue weighted by Crippen LogP contribution is 2.29. The Hall–Kier alpha value is -3.95. The van der Waals surface area contributed by atoms with Crippen LogP contribution in [0, 0.1) is 5.92 Å². The van der Waals surface area contributed by atoms with E-state index in [9.17, 15) is 36.9 Å². The molecule has 0 unspecified atom stereocenters. The summed E-state index contributed by atoms with van der Waals surface area (Å²) in [5.41, 5.74) is 2.04. The van der Waals surface area contributed by atoms with Gasteiger partial charge in [-0.05, 0) is 85.5 Å². The summed E-state index contributed by atoms with van der Waals surface area (Å²) in [5.74, 6) is -1.06. The van der Waals surface area contributed by atoms with Gasteiger partial charge in [0.2, 0.25) is 20.0 Å². The van der Waals surface area contributed by atoms with Crippen molar-refractivity contribution in [3.8, 4) is 11.4 Å². The van der Waals surface area contributed by atoms with Gasteiger partial charge in [0.1, 0.15) is 5.75 Å². The summed E-state index contributed by atoms with van der Waals surface area (Å²) in [7, 11) is -7.31. The van der Waals surface area contributed by atoms with E-state index in [1.54, 1.807) is 48.7 Å². The van der Waals surface area contributed by atoms with Gasteiger partial charge in [0, 0.05) is 36.9 Å². The number of aromatic carboxylic acids is 1. The van der Waals surface area contributed by atoms with Crippen LogP contribution in [0.3, 0.4) is 0 Å². The second-order valence-electron chi connectivity index (χ2n) is 10.9. The fourth-order valence-electron chi connectivity index (χ4n) is 5.45. The number of hydrogen-bond donors (Lipinski definition) is 5. The molecule has 44 heavy (non-hydrogen) atoms. The van der Waals surface area contributed by atoms with Crippen molar-refractivity contribution in [1.29, 1.82) is 0 Å². The van der Waals surface area contributed by atoms with E-state index in [1.165, 1.54) is 22.5 Å². The van der Waals surface area contributed by atoms with Crippen LogP contribution >= 0.6 is 0 Å². The molecule has 1 saturated heterocycles. The Labute approximate surface area is 255 Å². The SMILES string of the molecule is CS(=O)(=O)Nc1cc([C@@H](O)CNCC2CCN(S(=O)(=O)c3ccc(-n4ccc5c(C(=O)O)cccc54)cc3)CC2)ccc1O. The molecule has 1 fully saturated rings. The molecule has 5 N–H and O–H groups in total. The van der Waals surface area contributed by atoms with Crippen LogP contribution in [-0.4, -0.2) is 79.4 Å². The zero-order valence-corrected chi connectivity index (χ0v) is 25.6. The number of nitrogens with zero attached hydrogens (tertiary/aromatic N) is 2. The Balaban J connectivity index is 1.15. The molecule has 0 bridgehead atoms. The highest BCUT2D eigenvalue weighted by Gasteiger charge is 2.29. The van der Waals surface area contributed by atoms with Crippen molar-refractivity contribution in [3.63, 3.8) is 0 Å². The second kappa shape index (κ2) is 12.6. The number of anilines is 1. The molecule has 234 valence electrons. The molecule has 0 spiro atoms. The summed E-state index contributed by atoms with van der Waals surface area (Å²) in [6.07, 6.45) is 3.07. The monoisotopic (exact) mass is 642 g/mol. The lowest BCUT2D eigenvalue weighted by Crippen LogP contribution is -2.41. The number of aliphatic hydroxyl groups is 1. The number of nitrogens with one attached hydrogen (secondary N) is 2. The number of rotatable bonds is 11. The van der Waals surface area contributed by atoms with Crippen LogP contribution < -0.4 is 10.0 Å². The van der Waals surface area contributed by atoms with E-state index in [2.05, 4.69) is 10.0 Å². The number of aromatic hydroxyl groups is 1. The quantitative estimate of drug-likeness (QED) is 0.154. The minimum absolute atomic E-state index is 0.0141. The molecule has 1 aromatic heterocycles. The van der Waals surface area contributed by atoms with E-state index in [1.807, 2.05) is 10.6 Å². The molecule has 5 rings (SSSR count). The number of aliphatic hydroxyl groups excluding tert-OH is 1. The van der Waals surface area contributed by atoms with Crippen molar-refractivity contribution in [2.75, 3.05) is 37.2 Å². The fourth-order valence-corrected chi connectivity index (χ4v) is 7.48. The highest BCUT2D eigenvalue weighted by molar-refractivity contribution is 7.92.